The smallest absolute Gasteiger partial charge is 0.407 e. The minimum Gasteiger partial charge on any atom is -0.445 e. The fourth-order valence-electron chi connectivity index (χ4n) is 2.23. The summed E-state index contributed by atoms with van der Waals surface area (Å²) < 4.78 is 5.03. The number of amides is 1. The normalized spacial score (nSPS) is 12.7. The summed E-state index contributed by atoms with van der Waals surface area (Å²) in [5, 5.41) is 31.4. The Bertz CT molecular complexity index is 829. The van der Waals surface area contributed by atoms with Crippen LogP contribution in [0.25, 0.3) is 0 Å². The van der Waals surface area contributed by atoms with Gasteiger partial charge in [-0.15, -0.1) is 0 Å². The number of hydrogen-bond donors (Lipinski definition) is 4. The minimum absolute atomic E-state index is 0.0582. The third-order valence-electron chi connectivity index (χ3n) is 3.67. The third kappa shape index (κ3) is 5.44. The van der Waals surface area contributed by atoms with Crippen LogP contribution in [-0.4, -0.2) is 33.9 Å². The molecule has 8 nitrogen and oxygen atoms in total. The first-order chi connectivity index (χ1) is 12.5. The summed E-state index contributed by atoms with van der Waals surface area (Å²) in [6.07, 6.45) is -1.84. The molecular weight excluding hydrogens is 338 g/mol. The van der Waals surface area contributed by atoms with Crippen molar-refractivity contribution in [2.75, 3.05) is 6.54 Å². The van der Waals surface area contributed by atoms with E-state index in [2.05, 4.69) is 10.3 Å². The van der Waals surface area contributed by atoms with Crippen LogP contribution in [0.4, 0.5) is 4.79 Å². The number of hydrogen-bond acceptors (Lipinski definition) is 6. The fraction of sp³-hybridized carbons (Fsp3) is 0.278. The zero-order valence-electron chi connectivity index (χ0n) is 13.9. The molecule has 8 heteroatoms. The number of pyridine rings is 1. The van der Waals surface area contributed by atoms with Gasteiger partial charge in [-0.05, 0) is 18.1 Å². The SMILES string of the molecule is N#Cc1cc(C(O)C(O)CCNC(=O)OCc2ccccc2)c[nH]c1=O. The van der Waals surface area contributed by atoms with Crippen LogP contribution in [0.3, 0.4) is 0 Å². The second kappa shape index (κ2) is 9.36. The van der Waals surface area contributed by atoms with Crippen molar-refractivity contribution in [1.29, 1.82) is 5.26 Å². The predicted molar refractivity (Wildman–Crippen MR) is 92.0 cm³/mol. The summed E-state index contributed by atoms with van der Waals surface area (Å²) in [6.45, 7) is 0.215. The van der Waals surface area contributed by atoms with E-state index in [4.69, 9.17) is 10.00 Å². The van der Waals surface area contributed by atoms with Gasteiger partial charge in [0, 0.05) is 18.3 Å². The molecule has 2 rings (SSSR count). The number of benzene rings is 1. The fourth-order valence-corrected chi connectivity index (χ4v) is 2.23. The number of H-pyrrole nitrogens is 1. The standard InChI is InChI=1S/C18H19N3O5/c19-9-13-8-14(10-21-17(13)24)16(23)15(22)6-7-20-18(25)26-11-12-4-2-1-3-5-12/h1-5,8,10,15-16,22-23H,6-7,11H2,(H,20,25)(H,21,24). The molecule has 2 atom stereocenters. The van der Waals surface area contributed by atoms with Crippen LogP contribution in [-0.2, 0) is 11.3 Å². The lowest BCUT2D eigenvalue weighted by molar-refractivity contribution is 0.0134. The average molecular weight is 357 g/mol. The molecule has 0 spiro atoms. The molecule has 0 saturated carbocycles. The Morgan fingerprint density at radius 2 is 2.04 bits per heavy atom. The van der Waals surface area contributed by atoms with Crippen molar-refractivity contribution in [1.82, 2.24) is 10.3 Å². The molecule has 136 valence electrons. The van der Waals surface area contributed by atoms with Gasteiger partial charge in [0.25, 0.3) is 5.56 Å². The highest BCUT2D eigenvalue weighted by Gasteiger charge is 2.19. The van der Waals surface area contributed by atoms with Crippen molar-refractivity contribution in [3.8, 4) is 6.07 Å². The third-order valence-corrected chi connectivity index (χ3v) is 3.67. The van der Waals surface area contributed by atoms with Gasteiger partial charge in [0.15, 0.2) is 0 Å². The van der Waals surface area contributed by atoms with Crippen LogP contribution in [0.15, 0.2) is 47.4 Å². The maximum absolute atomic E-state index is 11.6. The van der Waals surface area contributed by atoms with Gasteiger partial charge in [0.05, 0.1) is 6.10 Å². The predicted octanol–water partition coefficient (Wildman–Crippen LogP) is 0.957. The number of carbonyl (C=O) groups is 1. The van der Waals surface area contributed by atoms with Gasteiger partial charge in [-0.3, -0.25) is 4.79 Å². The summed E-state index contributed by atoms with van der Waals surface area (Å²) >= 11 is 0. The number of nitrogens with one attached hydrogen (secondary N) is 2. The summed E-state index contributed by atoms with van der Waals surface area (Å²) in [6, 6.07) is 12.1. The van der Waals surface area contributed by atoms with E-state index in [1.165, 1.54) is 12.3 Å². The van der Waals surface area contributed by atoms with Gasteiger partial charge in [0.1, 0.15) is 24.3 Å². The molecule has 2 aromatic rings. The van der Waals surface area contributed by atoms with Gasteiger partial charge >= 0.3 is 6.09 Å². The molecule has 26 heavy (non-hydrogen) atoms. The summed E-state index contributed by atoms with van der Waals surface area (Å²) in [7, 11) is 0. The highest BCUT2D eigenvalue weighted by Crippen LogP contribution is 2.17. The quantitative estimate of drug-likeness (QED) is 0.583. The Balaban J connectivity index is 1.77. The van der Waals surface area contributed by atoms with Crippen LogP contribution < -0.4 is 10.9 Å². The van der Waals surface area contributed by atoms with Crippen molar-refractivity contribution in [2.24, 2.45) is 0 Å². The molecule has 0 radical (unpaired) electrons. The van der Waals surface area contributed by atoms with E-state index in [1.54, 1.807) is 6.07 Å². The van der Waals surface area contributed by atoms with E-state index in [9.17, 15) is 19.8 Å². The maximum Gasteiger partial charge on any atom is 0.407 e. The molecule has 4 N–H and O–H groups in total. The lowest BCUT2D eigenvalue weighted by Crippen LogP contribution is -2.30. The van der Waals surface area contributed by atoms with E-state index in [0.29, 0.717) is 0 Å². The van der Waals surface area contributed by atoms with Gasteiger partial charge in [-0.25, -0.2) is 4.79 Å². The molecule has 1 heterocycles. The number of carbonyl (C=O) groups excluding carboxylic acids is 1. The number of aliphatic hydroxyl groups is 2. The van der Waals surface area contributed by atoms with Crippen molar-refractivity contribution >= 4 is 6.09 Å². The van der Waals surface area contributed by atoms with Crippen LogP contribution >= 0.6 is 0 Å². The molecule has 0 bridgehead atoms. The van der Waals surface area contributed by atoms with Crippen LogP contribution in [0.2, 0.25) is 0 Å². The molecule has 2 unspecified atom stereocenters. The summed E-state index contributed by atoms with van der Waals surface area (Å²) in [4.78, 5) is 25.3. The Morgan fingerprint density at radius 3 is 2.73 bits per heavy atom. The van der Waals surface area contributed by atoms with Crippen LogP contribution in [0.5, 0.6) is 0 Å². The van der Waals surface area contributed by atoms with Crippen molar-refractivity contribution in [3.05, 3.63) is 69.6 Å². The number of ether oxygens (including phenoxy) is 1. The molecule has 1 aromatic heterocycles. The van der Waals surface area contributed by atoms with E-state index in [1.807, 2.05) is 30.3 Å². The van der Waals surface area contributed by atoms with E-state index >= 15 is 0 Å². The first-order valence-electron chi connectivity index (χ1n) is 7.94. The van der Waals surface area contributed by atoms with E-state index in [0.717, 1.165) is 5.56 Å². The molecule has 0 aliphatic rings. The highest BCUT2D eigenvalue weighted by molar-refractivity contribution is 5.67. The zero-order chi connectivity index (χ0) is 18.9. The summed E-state index contributed by atoms with van der Waals surface area (Å²) in [5.74, 6) is 0. The van der Waals surface area contributed by atoms with E-state index in [-0.39, 0.29) is 30.7 Å². The molecule has 0 aliphatic heterocycles. The molecular formula is C18H19N3O5. The second-order valence-corrected chi connectivity index (χ2v) is 5.58. The Kier molecular flexibility index (Phi) is 6.91. The molecule has 0 saturated heterocycles. The average Bonchev–Trinajstić information content (AvgIpc) is 2.67. The highest BCUT2D eigenvalue weighted by atomic mass is 16.5. The molecule has 1 amide bonds. The first-order valence-corrected chi connectivity index (χ1v) is 7.94. The zero-order valence-corrected chi connectivity index (χ0v) is 13.9. The number of nitriles is 1. The monoisotopic (exact) mass is 357 g/mol. The Labute approximate surface area is 149 Å². The Morgan fingerprint density at radius 1 is 1.31 bits per heavy atom. The second-order valence-electron chi connectivity index (χ2n) is 5.58. The number of aliphatic hydroxyl groups excluding tert-OH is 2. The van der Waals surface area contributed by atoms with Crippen molar-refractivity contribution in [2.45, 2.75) is 25.2 Å². The number of alkyl carbamates (subject to hydrolysis) is 1. The number of aromatic nitrogens is 1. The van der Waals surface area contributed by atoms with Crippen LogP contribution in [0, 0.1) is 11.3 Å². The largest absolute Gasteiger partial charge is 0.445 e. The van der Waals surface area contributed by atoms with Gasteiger partial charge < -0.3 is 25.3 Å². The molecule has 1 aromatic carbocycles. The van der Waals surface area contributed by atoms with E-state index < -0.39 is 23.9 Å². The number of rotatable bonds is 7. The van der Waals surface area contributed by atoms with Crippen LogP contribution in [0.1, 0.15) is 29.2 Å². The first kappa shape index (κ1) is 19.2. The minimum atomic E-state index is -1.30. The molecule has 0 aliphatic carbocycles. The van der Waals surface area contributed by atoms with Gasteiger partial charge in [0.2, 0.25) is 0 Å². The number of nitrogens with zero attached hydrogens (tertiary/aromatic N) is 1. The lowest BCUT2D eigenvalue weighted by atomic mass is 10.0. The lowest BCUT2D eigenvalue weighted by Gasteiger charge is -2.18. The Hall–Kier alpha value is -3.15. The van der Waals surface area contributed by atoms with Crippen molar-refractivity contribution in [3.63, 3.8) is 0 Å². The molecule has 0 fully saturated rings. The summed E-state index contributed by atoms with van der Waals surface area (Å²) in [5.41, 5.74) is 0.335. The number of aromatic amines is 1. The van der Waals surface area contributed by atoms with Crippen molar-refractivity contribution < 1.29 is 19.7 Å². The topological polar surface area (TPSA) is 135 Å². The van der Waals surface area contributed by atoms with Gasteiger partial charge in [-0.1, -0.05) is 30.3 Å². The maximum atomic E-state index is 11.6. The van der Waals surface area contributed by atoms with Gasteiger partial charge in [-0.2, -0.15) is 5.26 Å².